The fourth-order valence-electron chi connectivity index (χ4n) is 3.23. The first-order valence-electron chi connectivity index (χ1n) is 8.49. The fraction of sp³-hybridized carbons (Fsp3) is 0.647. The summed E-state index contributed by atoms with van der Waals surface area (Å²) in [5.74, 6) is 1.50. The molecular weight excluding hydrogens is 419 g/mol. The first-order valence-corrected chi connectivity index (χ1v) is 8.49. The monoisotopic (exact) mass is 446 g/mol. The van der Waals surface area contributed by atoms with E-state index >= 15 is 0 Å². The molecule has 2 aliphatic rings. The highest BCUT2D eigenvalue weighted by Gasteiger charge is 2.41. The number of fused-ring (bicyclic) bond motifs is 2. The van der Waals surface area contributed by atoms with Crippen molar-refractivity contribution in [1.29, 1.82) is 0 Å². The number of aromatic nitrogens is 1. The smallest absolute Gasteiger partial charge is 0.218 e. The molecule has 3 unspecified atom stereocenters. The lowest BCUT2D eigenvalue weighted by molar-refractivity contribution is 0.0992. The highest BCUT2D eigenvalue weighted by molar-refractivity contribution is 14.0. The second kappa shape index (κ2) is 9.41. The Bertz CT molecular complexity index is 555. The summed E-state index contributed by atoms with van der Waals surface area (Å²) in [6.07, 6.45) is 6.91. The Kier molecular flexibility index (Phi) is 7.54. The Balaban J connectivity index is 0.00000208. The predicted octanol–water partition coefficient (Wildman–Crippen LogP) is 2.47. The van der Waals surface area contributed by atoms with Crippen LogP contribution in [0.3, 0.4) is 0 Å². The maximum atomic E-state index is 5.88. The number of pyridine rings is 1. The molecule has 3 heterocycles. The minimum atomic E-state index is 0. The van der Waals surface area contributed by atoms with Crippen molar-refractivity contribution < 1.29 is 9.47 Å². The number of ether oxygens (including phenoxy) is 2. The molecule has 0 spiro atoms. The highest BCUT2D eigenvalue weighted by atomic mass is 127. The maximum Gasteiger partial charge on any atom is 0.218 e. The summed E-state index contributed by atoms with van der Waals surface area (Å²) in [4.78, 5) is 8.63. The van der Waals surface area contributed by atoms with Gasteiger partial charge in [0.25, 0.3) is 0 Å². The summed E-state index contributed by atoms with van der Waals surface area (Å²) in [7, 11) is 1.79. The molecule has 2 saturated heterocycles. The topological polar surface area (TPSA) is 67.8 Å². The van der Waals surface area contributed by atoms with Crippen molar-refractivity contribution >= 4 is 29.9 Å². The molecule has 0 amide bonds. The van der Waals surface area contributed by atoms with Crippen LogP contribution in [0.2, 0.25) is 0 Å². The van der Waals surface area contributed by atoms with Crippen molar-refractivity contribution in [2.75, 3.05) is 13.7 Å². The Labute approximate surface area is 160 Å². The second-order valence-corrected chi connectivity index (χ2v) is 6.10. The van der Waals surface area contributed by atoms with Crippen molar-refractivity contribution in [3.05, 3.63) is 23.9 Å². The zero-order valence-electron chi connectivity index (χ0n) is 14.3. The summed E-state index contributed by atoms with van der Waals surface area (Å²) < 4.78 is 11.6. The normalized spacial score (nSPS) is 25.2. The van der Waals surface area contributed by atoms with Gasteiger partial charge in [-0.05, 0) is 31.7 Å². The largest absolute Gasteiger partial charge is 0.477 e. The van der Waals surface area contributed by atoms with Crippen LogP contribution in [0.1, 0.15) is 38.2 Å². The lowest BCUT2D eigenvalue weighted by atomic mass is 9.96. The van der Waals surface area contributed by atoms with Crippen LogP contribution in [0.4, 0.5) is 0 Å². The third-order valence-corrected chi connectivity index (χ3v) is 4.39. The number of hydrogen-bond donors (Lipinski definition) is 2. The number of hydrogen-bond acceptors (Lipinski definition) is 4. The molecule has 134 valence electrons. The molecule has 6 nitrogen and oxygen atoms in total. The third kappa shape index (κ3) is 4.72. The molecule has 0 aromatic carbocycles. The van der Waals surface area contributed by atoms with Gasteiger partial charge in [-0.2, -0.15) is 0 Å². The molecule has 7 heteroatoms. The molecule has 2 aliphatic heterocycles. The van der Waals surface area contributed by atoms with Gasteiger partial charge < -0.3 is 20.1 Å². The van der Waals surface area contributed by atoms with Gasteiger partial charge in [0.05, 0.1) is 24.9 Å². The van der Waals surface area contributed by atoms with Crippen molar-refractivity contribution in [3.8, 4) is 5.88 Å². The van der Waals surface area contributed by atoms with E-state index in [0.29, 0.717) is 37.3 Å². The van der Waals surface area contributed by atoms with Crippen molar-refractivity contribution in [2.24, 2.45) is 4.99 Å². The lowest BCUT2D eigenvalue weighted by Gasteiger charge is -2.22. The molecule has 2 bridgehead atoms. The highest BCUT2D eigenvalue weighted by Crippen LogP contribution is 2.34. The second-order valence-electron chi connectivity index (χ2n) is 6.10. The van der Waals surface area contributed by atoms with Gasteiger partial charge in [0.2, 0.25) is 5.88 Å². The molecule has 2 fully saturated rings. The quantitative estimate of drug-likeness (QED) is 0.399. The van der Waals surface area contributed by atoms with E-state index in [-0.39, 0.29) is 24.0 Å². The van der Waals surface area contributed by atoms with Gasteiger partial charge in [0, 0.05) is 25.4 Å². The summed E-state index contributed by atoms with van der Waals surface area (Å²) in [6.45, 7) is 3.40. The van der Waals surface area contributed by atoms with Crippen molar-refractivity contribution in [3.63, 3.8) is 0 Å². The molecule has 1 aromatic rings. The minimum Gasteiger partial charge on any atom is -0.477 e. The van der Waals surface area contributed by atoms with Crippen LogP contribution in [0.25, 0.3) is 0 Å². The van der Waals surface area contributed by atoms with Gasteiger partial charge in [0.1, 0.15) is 0 Å². The van der Waals surface area contributed by atoms with Crippen molar-refractivity contribution in [2.45, 2.75) is 57.4 Å². The summed E-state index contributed by atoms with van der Waals surface area (Å²) in [6, 6.07) is 4.32. The fourth-order valence-corrected chi connectivity index (χ4v) is 3.23. The molecule has 3 rings (SSSR count). The lowest BCUT2D eigenvalue weighted by Crippen LogP contribution is -2.47. The Morgan fingerprint density at radius 1 is 1.46 bits per heavy atom. The Morgan fingerprint density at radius 3 is 3.00 bits per heavy atom. The molecule has 24 heavy (non-hydrogen) atoms. The molecule has 0 radical (unpaired) electrons. The molecule has 3 atom stereocenters. The number of halogens is 1. The zero-order chi connectivity index (χ0) is 16.1. The molecular formula is C17H27IN4O2. The average molecular weight is 446 g/mol. The predicted molar refractivity (Wildman–Crippen MR) is 105 cm³/mol. The zero-order valence-corrected chi connectivity index (χ0v) is 16.7. The summed E-state index contributed by atoms with van der Waals surface area (Å²) >= 11 is 0. The van der Waals surface area contributed by atoms with Gasteiger partial charge >= 0.3 is 0 Å². The van der Waals surface area contributed by atoms with Crippen LogP contribution < -0.4 is 15.4 Å². The van der Waals surface area contributed by atoms with Crippen LogP contribution in [0.5, 0.6) is 5.88 Å². The van der Waals surface area contributed by atoms with E-state index < -0.39 is 0 Å². The van der Waals surface area contributed by atoms with E-state index in [4.69, 9.17) is 9.47 Å². The third-order valence-electron chi connectivity index (χ3n) is 4.39. The SMILES string of the molecule is CCCOc1ncccc1CNC(=NC)NC1CC2CCC1O2.I. The van der Waals surface area contributed by atoms with Crippen LogP contribution in [0, 0.1) is 0 Å². The molecule has 0 saturated carbocycles. The number of nitrogens with one attached hydrogen (secondary N) is 2. The Hall–Kier alpha value is -1.09. The van der Waals surface area contributed by atoms with E-state index in [9.17, 15) is 0 Å². The van der Waals surface area contributed by atoms with Gasteiger partial charge in [-0.15, -0.1) is 24.0 Å². The Morgan fingerprint density at radius 2 is 2.33 bits per heavy atom. The van der Waals surface area contributed by atoms with Crippen LogP contribution in [-0.2, 0) is 11.3 Å². The van der Waals surface area contributed by atoms with Gasteiger partial charge in [0.15, 0.2) is 5.96 Å². The van der Waals surface area contributed by atoms with Crippen LogP contribution in [-0.4, -0.2) is 42.8 Å². The van der Waals surface area contributed by atoms with Gasteiger partial charge in [-0.3, -0.25) is 4.99 Å². The van der Waals surface area contributed by atoms with Gasteiger partial charge in [-0.1, -0.05) is 13.0 Å². The summed E-state index contributed by atoms with van der Waals surface area (Å²) in [5, 5.41) is 6.83. The number of rotatable bonds is 6. The van der Waals surface area contributed by atoms with E-state index in [1.807, 2.05) is 12.1 Å². The van der Waals surface area contributed by atoms with E-state index in [2.05, 4.69) is 27.5 Å². The molecule has 2 N–H and O–H groups in total. The van der Waals surface area contributed by atoms with Crippen molar-refractivity contribution in [1.82, 2.24) is 15.6 Å². The number of aliphatic imine (C=N–C) groups is 1. The molecule has 1 aromatic heterocycles. The standard InChI is InChI=1S/C17H26N4O2.HI/c1-3-9-22-16-12(5-4-8-19-16)11-20-17(18-2)21-14-10-13-6-7-15(14)23-13;/h4-5,8,13-15H,3,6-7,9-11H2,1-2H3,(H2,18,20,21);1H. The van der Waals surface area contributed by atoms with E-state index in [1.165, 1.54) is 6.42 Å². The first-order chi connectivity index (χ1) is 11.3. The molecule has 0 aliphatic carbocycles. The van der Waals surface area contributed by atoms with Crippen LogP contribution >= 0.6 is 24.0 Å². The van der Waals surface area contributed by atoms with E-state index in [1.54, 1.807) is 13.2 Å². The maximum absolute atomic E-state index is 5.88. The van der Waals surface area contributed by atoms with Crippen LogP contribution in [0.15, 0.2) is 23.3 Å². The van der Waals surface area contributed by atoms with E-state index in [0.717, 1.165) is 30.8 Å². The average Bonchev–Trinajstić information content (AvgIpc) is 3.20. The minimum absolute atomic E-state index is 0. The van der Waals surface area contributed by atoms with Gasteiger partial charge in [-0.25, -0.2) is 4.98 Å². The number of guanidine groups is 1. The first kappa shape index (κ1) is 19.2. The summed E-state index contributed by atoms with van der Waals surface area (Å²) in [5.41, 5.74) is 1.04. The number of nitrogens with zero attached hydrogens (tertiary/aromatic N) is 2.